The Bertz CT molecular complexity index is 734. The van der Waals surface area contributed by atoms with Gasteiger partial charge < -0.3 is 9.87 Å². The Morgan fingerprint density at radius 1 is 1.28 bits per heavy atom. The smallest absolute Gasteiger partial charge is 0.141 e. The van der Waals surface area contributed by atoms with Crippen molar-refractivity contribution < 1.29 is 13.3 Å². The highest BCUT2D eigenvalue weighted by Gasteiger charge is 2.36. The molecule has 1 aliphatic heterocycles. The molecule has 0 saturated carbocycles. The number of anilines is 1. The summed E-state index contributed by atoms with van der Waals surface area (Å²) in [4.78, 5) is 0. The first-order valence-electron chi connectivity index (χ1n) is 7.79. The summed E-state index contributed by atoms with van der Waals surface area (Å²) in [7, 11) is 1.77. The largest absolute Gasteiger partial charge is 0.579 e. The molecule has 0 radical (unpaired) electrons. The molecule has 3 rings (SSSR count). The van der Waals surface area contributed by atoms with Gasteiger partial charge in [0.25, 0.3) is 0 Å². The summed E-state index contributed by atoms with van der Waals surface area (Å²) in [6.45, 7) is 0.517. The van der Waals surface area contributed by atoms with Gasteiger partial charge in [0, 0.05) is 19.3 Å². The van der Waals surface area contributed by atoms with Crippen molar-refractivity contribution in [3.05, 3.63) is 64.7 Å². The fourth-order valence-corrected chi connectivity index (χ4v) is 4.02. The molecule has 1 saturated heterocycles. The molecule has 1 fully saturated rings. The second kappa shape index (κ2) is 7.88. The van der Waals surface area contributed by atoms with Crippen LogP contribution in [-0.4, -0.2) is 28.5 Å². The first kappa shape index (κ1) is 18.4. The molecule has 0 aliphatic carbocycles. The van der Waals surface area contributed by atoms with E-state index in [1.165, 1.54) is 24.3 Å². The molecular weight excluding hydrogens is 368 g/mol. The molecule has 1 aliphatic rings. The lowest BCUT2D eigenvalue weighted by atomic mass is 10.00. The number of benzene rings is 2. The molecule has 8 heteroatoms. The van der Waals surface area contributed by atoms with E-state index < -0.39 is 17.4 Å². The van der Waals surface area contributed by atoms with Crippen molar-refractivity contribution in [2.75, 3.05) is 18.9 Å². The number of nitrogens with zero attached hydrogens (tertiary/aromatic N) is 1. The third-order valence-electron chi connectivity index (χ3n) is 4.26. The Balaban J connectivity index is 1.68. The van der Waals surface area contributed by atoms with Crippen molar-refractivity contribution in [3.8, 4) is 0 Å². The fraction of sp³-hybridized carbons (Fsp3) is 0.294. The van der Waals surface area contributed by atoms with Crippen LogP contribution in [0.2, 0.25) is 5.02 Å². The summed E-state index contributed by atoms with van der Waals surface area (Å²) >= 11 is 4.44. The summed E-state index contributed by atoms with van der Waals surface area (Å²) in [5, 5.41) is 3.25. The van der Waals surface area contributed by atoms with Crippen LogP contribution in [0.5, 0.6) is 0 Å². The van der Waals surface area contributed by atoms with Gasteiger partial charge in [-0.25, -0.2) is 8.78 Å². The molecule has 0 bridgehead atoms. The molecule has 0 amide bonds. The zero-order valence-electron chi connectivity index (χ0n) is 13.5. The van der Waals surface area contributed by atoms with E-state index in [2.05, 4.69) is 10.0 Å². The van der Waals surface area contributed by atoms with Gasteiger partial charge in [-0.1, -0.05) is 23.7 Å². The van der Waals surface area contributed by atoms with Crippen LogP contribution < -0.4 is 10.0 Å². The molecule has 2 N–H and O–H groups in total. The minimum Gasteiger partial charge on any atom is -0.579 e. The maximum absolute atomic E-state index is 13.2. The molecule has 3 unspecified atom stereocenters. The van der Waals surface area contributed by atoms with E-state index in [1.54, 1.807) is 29.6 Å². The molecule has 4 nitrogen and oxygen atoms in total. The highest BCUT2D eigenvalue weighted by atomic mass is 35.5. The van der Waals surface area contributed by atoms with E-state index in [4.69, 9.17) is 11.6 Å². The summed E-state index contributed by atoms with van der Waals surface area (Å²) in [5.41, 5.74) is 1.58. The molecule has 25 heavy (non-hydrogen) atoms. The van der Waals surface area contributed by atoms with Crippen LogP contribution in [0, 0.1) is 11.6 Å². The van der Waals surface area contributed by atoms with Crippen LogP contribution in [0.3, 0.4) is 0 Å². The van der Waals surface area contributed by atoms with Crippen LogP contribution in [-0.2, 0) is 11.5 Å². The zero-order chi connectivity index (χ0) is 18.0. The lowest BCUT2D eigenvalue weighted by molar-refractivity contribution is 0.296. The highest BCUT2D eigenvalue weighted by Crippen LogP contribution is 2.28. The van der Waals surface area contributed by atoms with E-state index in [1.807, 2.05) is 0 Å². The Labute approximate surface area is 153 Å². The molecule has 134 valence electrons. The summed E-state index contributed by atoms with van der Waals surface area (Å²) < 4.78 is 43.4. The number of rotatable bonds is 4. The van der Waals surface area contributed by atoms with Gasteiger partial charge in [0.1, 0.15) is 23.2 Å². The average Bonchev–Trinajstić information content (AvgIpc) is 2.59. The van der Waals surface area contributed by atoms with E-state index in [9.17, 15) is 13.3 Å². The lowest BCUT2D eigenvalue weighted by Crippen LogP contribution is -2.54. The third-order valence-corrected chi connectivity index (χ3v) is 5.86. The molecule has 1 heterocycles. The molecule has 0 aromatic heterocycles. The van der Waals surface area contributed by atoms with Gasteiger partial charge >= 0.3 is 0 Å². The first-order chi connectivity index (χ1) is 11.9. The molecule has 3 atom stereocenters. The topological polar surface area (TPSA) is 50.4 Å². The minimum absolute atomic E-state index is 0.0269. The van der Waals surface area contributed by atoms with Crippen molar-refractivity contribution in [1.29, 1.82) is 0 Å². The van der Waals surface area contributed by atoms with Gasteiger partial charge in [-0.3, -0.25) is 0 Å². The van der Waals surface area contributed by atoms with Crippen molar-refractivity contribution in [1.82, 2.24) is 9.03 Å². The Hall–Kier alpha value is -1.38. The van der Waals surface area contributed by atoms with Crippen LogP contribution in [0.15, 0.2) is 42.5 Å². The third kappa shape index (κ3) is 4.43. The second-order valence-corrected chi connectivity index (χ2v) is 7.63. The van der Waals surface area contributed by atoms with Crippen LogP contribution >= 0.6 is 11.6 Å². The van der Waals surface area contributed by atoms with Crippen molar-refractivity contribution in [3.63, 3.8) is 0 Å². The van der Waals surface area contributed by atoms with Crippen LogP contribution in [0.1, 0.15) is 18.0 Å². The maximum Gasteiger partial charge on any atom is 0.141 e. The lowest BCUT2D eigenvalue weighted by Gasteiger charge is -2.37. The zero-order valence-corrected chi connectivity index (χ0v) is 15.1. The van der Waals surface area contributed by atoms with Crippen LogP contribution in [0.4, 0.5) is 14.5 Å². The van der Waals surface area contributed by atoms with Gasteiger partial charge in [-0.2, -0.15) is 0 Å². The molecule has 0 spiro atoms. The van der Waals surface area contributed by atoms with E-state index in [-0.39, 0.29) is 22.9 Å². The summed E-state index contributed by atoms with van der Waals surface area (Å²) in [6, 6.07) is 10.4. The number of hydrogen-bond acceptors (Lipinski definition) is 4. The summed E-state index contributed by atoms with van der Waals surface area (Å²) in [6.07, 6.45) is 0.690. The van der Waals surface area contributed by atoms with Crippen LogP contribution in [0.25, 0.3) is 0 Å². The predicted octanol–water partition coefficient (Wildman–Crippen LogP) is 3.64. The molecular formula is C17H18ClF2N3OS. The normalized spacial score (nSPS) is 24.3. The van der Waals surface area contributed by atoms with E-state index >= 15 is 0 Å². The van der Waals surface area contributed by atoms with Gasteiger partial charge in [-0.05, 0) is 42.3 Å². The minimum atomic E-state index is -1.35. The van der Waals surface area contributed by atoms with Gasteiger partial charge in [0.15, 0.2) is 0 Å². The van der Waals surface area contributed by atoms with Gasteiger partial charge in [-0.15, -0.1) is 9.03 Å². The monoisotopic (exact) mass is 385 g/mol. The first-order valence-corrected chi connectivity index (χ1v) is 9.28. The second-order valence-electron chi connectivity index (χ2n) is 5.92. The van der Waals surface area contributed by atoms with Crippen molar-refractivity contribution in [2.45, 2.75) is 18.5 Å². The van der Waals surface area contributed by atoms with Crippen molar-refractivity contribution >= 4 is 28.8 Å². The highest BCUT2D eigenvalue weighted by molar-refractivity contribution is 7.87. The van der Waals surface area contributed by atoms with E-state index in [0.717, 1.165) is 5.56 Å². The fourth-order valence-electron chi connectivity index (χ4n) is 2.76. The standard InChI is InChI=1S/C17H18ClF2N3OS/c1-23-14(10-21-13-6-7-16(20)15(18)8-13)9-17(22-25(23)24)11-2-4-12(19)5-3-11/h2-8,14,17,21-22H,9-10H2,1H3. The maximum atomic E-state index is 13.2. The predicted molar refractivity (Wildman–Crippen MR) is 96.5 cm³/mol. The van der Waals surface area contributed by atoms with Crippen molar-refractivity contribution in [2.24, 2.45) is 0 Å². The Morgan fingerprint density at radius 2 is 2.00 bits per heavy atom. The Kier molecular flexibility index (Phi) is 5.81. The molecule has 2 aromatic carbocycles. The number of halogens is 3. The quantitative estimate of drug-likeness (QED) is 0.789. The Morgan fingerprint density at radius 3 is 2.68 bits per heavy atom. The average molecular weight is 386 g/mol. The summed E-state index contributed by atoms with van der Waals surface area (Å²) in [5.74, 6) is -0.770. The number of nitrogens with one attached hydrogen (secondary N) is 2. The van der Waals surface area contributed by atoms with E-state index in [0.29, 0.717) is 18.7 Å². The number of likely N-dealkylation sites (N-methyl/N-ethyl adjacent to an activating group) is 1. The molecule has 2 aromatic rings. The number of hydrogen-bond donors (Lipinski definition) is 2. The van der Waals surface area contributed by atoms with Gasteiger partial charge in [0.05, 0.1) is 17.1 Å². The SMILES string of the molecule is CN1C(CNc2ccc(F)c(Cl)c2)CC(c2ccc(F)cc2)N[S+]1[O-]. The van der Waals surface area contributed by atoms with Gasteiger partial charge in [0.2, 0.25) is 0 Å².